The van der Waals surface area contributed by atoms with E-state index in [1.54, 1.807) is 0 Å². The summed E-state index contributed by atoms with van der Waals surface area (Å²) in [6.07, 6.45) is 49.3. The molecule has 306 valence electrons. The number of nitrogens with zero attached hydrogens (tertiary/aromatic N) is 1. The highest BCUT2D eigenvalue weighted by Gasteiger charge is 2.14. The number of rotatable bonds is 40. The lowest BCUT2D eigenvalue weighted by molar-refractivity contribution is 0.0564. The number of hydrogen-bond acceptors (Lipinski definition) is 5. The fraction of sp³-hybridized carbons (Fsp3) is 0.891. The van der Waals surface area contributed by atoms with Crippen molar-refractivity contribution in [1.29, 1.82) is 0 Å². The molecule has 0 radical (unpaired) electrons. The third-order valence-electron chi connectivity index (χ3n) is 10.4. The fourth-order valence-electron chi connectivity index (χ4n) is 6.97. The molecule has 1 aliphatic rings. The molecular weight excluding hydrogens is 661 g/mol. The molecule has 0 bridgehead atoms. The minimum atomic E-state index is 0.0301. The van der Waals surface area contributed by atoms with Crippen LogP contribution < -0.4 is 5.32 Å². The van der Waals surface area contributed by atoms with Gasteiger partial charge in [-0.25, -0.2) is 0 Å². The van der Waals surface area contributed by atoms with Crippen molar-refractivity contribution in [2.75, 3.05) is 52.7 Å². The molecule has 1 heterocycles. The predicted molar refractivity (Wildman–Crippen MR) is 232 cm³/mol. The first kappa shape index (κ1) is 49.1. The van der Waals surface area contributed by atoms with E-state index in [-0.39, 0.29) is 6.04 Å². The van der Waals surface area contributed by atoms with Crippen molar-refractivity contribution < 1.29 is 14.2 Å². The third-order valence-corrected chi connectivity index (χ3v) is 10.6. The maximum absolute atomic E-state index is 6.11. The van der Waals surface area contributed by atoms with E-state index >= 15 is 0 Å². The summed E-state index contributed by atoms with van der Waals surface area (Å²) in [6.45, 7) is 11.3. The SMILES string of the molecule is CCCCCCCCC=CCCCCCCCCOCC(COCCCCCCCCC=CCCCCCCCC)NC(=S)OCCN1CCCC1. The van der Waals surface area contributed by atoms with Gasteiger partial charge in [-0.2, -0.15) is 0 Å². The maximum Gasteiger partial charge on any atom is 0.257 e. The number of ether oxygens (including phenoxy) is 3. The Bertz CT molecular complexity index is 740. The van der Waals surface area contributed by atoms with E-state index in [0.717, 1.165) is 32.6 Å². The van der Waals surface area contributed by atoms with Crippen molar-refractivity contribution in [2.45, 2.75) is 213 Å². The fourth-order valence-corrected chi connectivity index (χ4v) is 7.22. The quantitative estimate of drug-likeness (QED) is 0.0382. The van der Waals surface area contributed by atoms with E-state index in [9.17, 15) is 0 Å². The monoisotopic (exact) mass is 749 g/mol. The lowest BCUT2D eigenvalue weighted by Crippen LogP contribution is -2.42. The highest BCUT2D eigenvalue weighted by atomic mass is 32.1. The zero-order valence-corrected chi connectivity index (χ0v) is 35.7. The molecule has 0 saturated carbocycles. The highest BCUT2D eigenvalue weighted by molar-refractivity contribution is 7.80. The minimum absolute atomic E-state index is 0.0301. The van der Waals surface area contributed by atoms with Crippen molar-refractivity contribution in [2.24, 2.45) is 0 Å². The molecule has 0 aromatic heterocycles. The van der Waals surface area contributed by atoms with Crippen LogP contribution >= 0.6 is 12.2 Å². The first-order chi connectivity index (χ1) is 25.8. The Morgan fingerprint density at radius 1 is 0.519 bits per heavy atom. The van der Waals surface area contributed by atoms with Crippen LogP contribution in [0.5, 0.6) is 0 Å². The maximum atomic E-state index is 6.11. The van der Waals surface area contributed by atoms with E-state index in [1.165, 1.54) is 193 Å². The number of unbranched alkanes of at least 4 members (excludes halogenated alkanes) is 24. The molecule has 1 rings (SSSR count). The summed E-state index contributed by atoms with van der Waals surface area (Å²) in [5.74, 6) is 0. The van der Waals surface area contributed by atoms with Crippen molar-refractivity contribution >= 4 is 17.4 Å². The summed E-state index contributed by atoms with van der Waals surface area (Å²) in [7, 11) is 0. The van der Waals surface area contributed by atoms with E-state index in [0.29, 0.717) is 25.0 Å². The van der Waals surface area contributed by atoms with Gasteiger partial charge in [-0.3, -0.25) is 4.90 Å². The molecule has 0 aromatic carbocycles. The second kappa shape index (κ2) is 41.2. The third kappa shape index (κ3) is 36.0. The second-order valence-electron chi connectivity index (χ2n) is 15.6. The molecule has 0 atom stereocenters. The van der Waals surface area contributed by atoms with Gasteiger partial charge in [-0.05, 0) is 102 Å². The van der Waals surface area contributed by atoms with Crippen LogP contribution in [-0.4, -0.2) is 68.8 Å². The van der Waals surface area contributed by atoms with Gasteiger partial charge in [0.25, 0.3) is 5.17 Å². The van der Waals surface area contributed by atoms with Crippen LogP contribution in [0, 0.1) is 0 Å². The first-order valence-electron chi connectivity index (χ1n) is 22.9. The summed E-state index contributed by atoms with van der Waals surface area (Å²) in [5, 5.41) is 3.86. The van der Waals surface area contributed by atoms with Crippen LogP contribution in [-0.2, 0) is 14.2 Å². The van der Waals surface area contributed by atoms with Crippen LogP contribution in [0.4, 0.5) is 0 Å². The van der Waals surface area contributed by atoms with Gasteiger partial charge in [0.15, 0.2) is 0 Å². The largest absolute Gasteiger partial charge is 0.470 e. The molecule has 0 spiro atoms. The lowest BCUT2D eigenvalue weighted by atomic mass is 10.1. The van der Waals surface area contributed by atoms with E-state index in [4.69, 9.17) is 26.4 Å². The van der Waals surface area contributed by atoms with Gasteiger partial charge in [0, 0.05) is 19.8 Å². The Morgan fingerprint density at radius 2 is 0.885 bits per heavy atom. The molecule has 52 heavy (non-hydrogen) atoms. The van der Waals surface area contributed by atoms with Gasteiger partial charge in [0.05, 0.1) is 19.3 Å². The van der Waals surface area contributed by atoms with Crippen molar-refractivity contribution in [3.05, 3.63) is 24.3 Å². The summed E-state index contributed by atoms with van der Waals surface area (Å²) in [4.78, 5) is 2.45. The molecule has 1 N–H and O–H groups in total. The Balaban J connectivity index is 2.08. The summed E-state index contributed by atoms with van der Waals surface area (Å²) in [6, 6.07) is 0.0301. The van der Waals surface area contributed by atoms with Crippen LogP contribution in [0.15, 0.2) is 24.3 Å². The van der Waals surface area contributed by atoms with Gasteiger partial charge < -0.3 is 19.5 Å². The zero-order valence-electron chi connectivity index (χ0n) is 34.8. The molecule has 1 fully saturated rings. The van der Waals surface area contributed by atoms with Gasteiger partial charge >= 0.3 is 0 Å². The molecular formula is C46H88N2O3S. The average molecular weight is 749 g/mol. The molecule has 0 unspecified atom stereocenters. The number of hydrogen-bond donors (Lipinski definition) is 1. The number of allylic oxidation sites excluding steroid dienone is 4. The Kier molecular flexibility index (Phi) is 38.9. The number of nitrogens with one attached hydrogen (secondary N) is 1. The Hall–Kier alpha value is -0.950. The van der Waals surface area contributed by atoms with Crippen LogP contribution in [0.1, 0.15) is 206 Å². The molecule has 6 heteroatoms. The van der Waals surface area contributed by atoms with E-state index in [2.05, 4.69) is 48.4 Å². The average Bonchev–Trinajstić information content (AvgIpc) is 3.67. The summed E-state index contributed by atoms with van der Waals surface area (Å²) >= 11 is 5.55. The van der Waals surface area contributed by atoms with E-state index < -0.39 is 0 Å². The number of likely N-dealkylation sites (tertiary alicyclic amines) is 1. The standard InChI is InChI=1S/C46H88N2O3S/c1-3-5-7-9-11-13-15-17-19-21-23-25-27-29-31-35-40-49-43-45(47-46(52)51-42-39-48-37-33-34-38-48)44-50-41-36-32-30-28-26-24-22-20-18-16-14-12-10-8-6-4-2/h17-20,45H,3-16,21-44H2,1-2H3,(H,47,52). The molecule has 1 aliphatic heterocycles. The topological polar surface area (TPSA) is 43.0 Å². The van der Waals surface area contributed by atoms with Gasteiger partial charge in [0.2, 0.25) is 0 Å². The van der Waals surface area contributed by atoms with Crippen molar-refractivity contribution in [3.8, 4) is 0 Å². The number of thiocarbonyl (C=S) groups is 1. The molecule has 0 aromatic rings. The van der Waals surface area contributed by atoms with Gasteiger partial charge in [-0.1, -0.05) is 154 Å². The van der Waals surface area contributed by atoms with Gasteiger partial charge in [0.1, 0.15) is 6.61 Å². The minimum Gasteiger partial charge on any atom is -0.470 e. The summed E-state index contributed by atoms with van der Waals surface area (Å²) in [5.41, 5.74) is 0. The van der Waals surface area contributed by atoms with Gasteiger partial charge in [-0.15, -0.1) is 0 Å². The van der Waals surface area contributed by atoms with Crippen molar-refractivity contribution in [1.82, 2.24) is 10.2 Å². The molecule has 0 aliphatic carbocycles. The first-order valence-corrected chi connectivity index (χ1v) is 23.3. The van der Waals surface area contributed by atoms with Crippen LogP contribution in [0.2, 0.25) is 0 Å². The van der Waals surface area contributed by atoms with E-state index in [1.807, 2.05) is 0 Å². The smallest absolute Gasteiger partial charge is 0.257 e. The Labute approximate surface area is 330 Å². The second-order valence-corrected chi connectivity index (χ2v) is 15.9. The van der Waals surface area contributed by atoms with Crippen LogP contribution in [0.3, 0.4) is 0 Å². The molecule has 5 nitrogen and oxygen atoms in total. The molecule has 1 saturated heterocycles. The highest BCUT2D eigenvalue weighted by Crippen LogP contribution is 2.12. The Morgan fingerprint density at radius 3 is 1.29 bits per heavy atom. The predicted octanol–water partition coefficient (Wildman–Crippen LogP) is 13.5. The van der Waals surface area contributed by atoms with Crippen LogP contribution in [0.25, 0.3) is 0 Å². The van der Waals surface area contributed by atoms with Crippen molar-refractivity contribution in [3.63, 3.8) is 0 Å². The zero-order chi connectivity index (χ0) is 37.3. The lowest BCUT2D eigenvalue weighted by Gasteiger charge is -2.21. The summed E-state index contributed by atoms with van der Waals surface area (Å²) < 4.78 is 18.1. The molecule has 0 amide bonds. The normalized spacial score (nSPS) is 14.3.